The van der Waals surface area contributed by atoms with Gasteiger partial charge >= 0.3 is 6.03 Å². The molecule has 206 valence electrons. The molecular weight excluding hydrogens is 489 g/mol. The molecular formula is C27H38FN7O3. The van der Waals surface area contributed by atoms with E-state index in [1.165, 1.54) is 11.0 Å². The Labute approximate surface area is 222 Å². The number of carbonyl (C=O) groups excluding carboxylic acids is 2. The minimum Gasteiger partial charge on any atom is -0.399 e. The number of imide groups is 1. The van der Waals surface area contributed by atoms with E-state index in [1.54, 1.807) is 17.0 Å². The van der Waals surface area contributed by atoms with Gasteiger partial charge in [-0.3, -0.25) is 19.6 Å². The number of hydrogen-bond donors (Lipinski definition) is 3. The van der Waals surface area contributed by atoms with Crippen molar-refractivity contribution >= 4 is 23.5 Å². The molecule has 1 saturated heterocycles. The van der Waals surface area contributed by atoms with Gasteiger partial charge < -0.3 is 15.8 Å². The lowest BCUT2D eigenvalue weighted by Crippen LogP contribution is -2.74. The number of aliphatic imine (C=N–C) groups is 1. The Balaban J connectivity index is 1.81. The van der Waals surface area contributed by atoms with Gasteiger partial charge in [-0.05, 0) is 48.6 Å². The van der Waals surface area contributed by atoms with Crippen molar-refractivity contribution in [2.75, 3.05) is 38.5 Å². The highest BCUT2D eigenvalue weighted by Crippen LogP contribution is 2.42. The van der Waals surface area contributed by atoms with Crippen molar-refractivity contribution in [1.29, 1.82) is 0 Å². The number of hydrogen-bond acceptors (Lipinski definition) is 7. The number of rotatable bonds is 12. The van der Waals surface area contributed by atoms with Crippen LogP contribution in [-0.4, -0.2) is 92.2 Å². The third kappa shape index (κ3) is 4.88. The summed E-state index contributed by atoms with van der Waals surface area (Å²) in [5.74, 6) is -0.0874. The minimum absolute atomic E-state index is 0.0977. The van der Waals surface area contributed by atoms with Gasteiger partial charge in [0.15, 0.2) is 11.7 Å². The maximum atomic E-state index is 14.7. The average molecular weight is 528 g/mol. The molecule has 0 aliphatic carbocycles. The number of nitrogens with zero attached hydrogens (tertiary/aromatic N) is 5. The largest absolute Gasteiger partial charge is 0.399 e. The number of H-pyrrole nitrogens is 1. The Morgan fingerprint density at radius 1 is 1.21 bits per heavy atom. The zero-order chi connectivity index (χ0) is 27.4. The number of hydrazine groups is 1. The molecule has 3 heterocycles. The molecule has 0 saturated carbocycles. The highest BCUT2D eigenvalue weighted by molar-refractivity contribution is 6.05. The fraction of sp³-hybridized carbons (Fsp3) is 0.519. The van der Waals surface area contributed by atoms with Crippen LogP contribution in [0, 0.1) is 5.82 Å². The number of aromatic nitrogens is 1. The highest BCUT2D eigenvalue weighted by Gasteiger charge is 2.62. The van der Waals surface area contributed by atoms with E-state index in [-0.39, 0.29) is 32.0 Å². The summed E-state index contributed by atoms with van der Waals surface area (Å²) in [4.78, 5) is 39.1. The summed E-state index contributed by atoms with van der Waals surface area (Å²) in [6.45, 7) is 6.99. The lowest BCUT2D eigenvalue weighted by molar-refractivity contribution is -0.151. The number of nitrogens with two attached hydrogens (primary N) is 1. The number of aromatic amines is 1. The lowest BCUT2D eigenvalue weighted by Gasteiger charge is -2.51. The van der Waals surface area contributed by atoms with Gasteiger partial charge in [0.05, 0.1) is 6.61 Å². The number of nitrogens with one attached hydrogen (secondary N) is 1. The van der Waals surface area contributed by atoms with Crippen LogP contribution in [0.1, 0.15) is 44.7 Å². The van der Waals surface area contributed by atoms with Crippen molar-refractivity contribution in [3.63, 3.8) is 0 Å². The van der Waals surface area contributed by atoms with Crippen LogP contribution in [0.15, 0.2) is 41.7 Å². The van der Waals surface area contributed by atoms with Gasteiger partial charge in [-0.1, -0.05) is 26.8 Å². The molecule has 2 unspecified atom stereocenters. The maximum Gasteiger partial charge on any atom is 0.328 e. The Kier molecular flexibility index (Phi) is 8.37. The molecule has 10 nitrogen and oxygen atoms in total. The number of urea groups is 1. The monoisotopic (exact) mass is 527 g/mol. The Morgan fingerprint density at radius 3 is 2.61 bits per heavy atom. The number of benzene rings is 1. The lowest BCUT2D eigenvalue weighted by atomic mass is 9.91. The van der Waals surface area contributed by atoms with E-state index in [0.717, 1.165) is 5.56 Å². The Morgan fingerprint density at radius 2 is 2.00 bits per heavy atom. The summed E-state index contributed by atoms with van der Waals surface area (Å²) >= 11 is 0. The molecule has 2 aliphatic rings. The summed E-state index contributed by atoms with van der Waals surface area (Å²) in [5, 5.41) is 13.6. The van der Waals surface area contributed by atoms with E-state index in [9.17, 15) is 19.1 Å². The third-order valence-electron chi connectivity index (χ3n) is 7.40. The molecule has 4 rings (SSSR count). The molecule has 2 atom stereocenters. The van der Waals surface area contributed by atoms with E-state index in [2.05, 4.69) is 4.98 Å². The number of anilines is 1. The fourth-order valence-corrected chi connectivity index (χ4v) is 5.56. The van der Waals surface area contributed by atoms with E-state index in [4.69, 9.17) is 10.7 Å². The Hall–Kier alpha value is -3.44. The number of carbonyl (C=O) groups is 2. The molecule has 3 amide bonds. The first kappa shape index (κ1) is 27.6. The number of fused-ring (bicyclic) bond motifs is 1. The second-order valence-corrected chi connectivity index (χ2v) is 9.70. The van der Waals surface area contributed by atoms with Gasteiger partial charge in [-0.15, -0.1) is 0 Å². The van der Waals surface area contributed by atoms with Gasteiger partial charge in [-0.2, -0.15) is 0 Å². The molecule has 2 aromatic rings. The van der Waals surface area contributed by atoms with Crippen LogP contribution in [-0.2, 0) is 17.6 Å². The standard InChI is InChI=1S/C27H38FN7O3/c1-4-12-33-25(37)24-27(5-2,34(26(33)38)13-10-20-7-8-21(29)17-22(20)28)31-23(16-19-9-11-30-18-19)35(24)32(6-3)14-15-36/h7-9,11,17-18,24,30,36H,4-6,10,12-16,29H2,1-3H3. The SMILES string of the molecule is CCCN1C(=O)C2N(N(CC)CCO)C(Cc3cc[nH]c3)=NC2(CC)N(CCc2ccc(N)cc2F)C1=O. The van der Waals surface area contributed by atoms with E-state index >= 15 is 0 Å². The molecule has 0 spiro atoms. The van der Waals surface area contributed by atoms with Gasteiger partial charge in [-0.25, -0.2) is 19.2 Å². The van der Waals surface area contributed by atoms with Crippen molar-refractivity contribution in [3.8, 4) is 0 Å². The zero-order valence-corrected chi connectivity index (χ0v) is 22.4. The number of amidine groups is 1. The number of halogens is 1. The second kappa shape index (κ2) is 11.5. The zero-order valence-electron chi connectivity index (χ0n) is 22.4. The van der Waals surface area contributed by atoms with E-state index in [0.29, 0.717) is 49.4 Å². The van der Waals surface area contributed by atoms with Gasteiger partial charge in [0.25, 0.3) is 5.91 Å². The second-order valence-electron chi connectivity index (χ2n) is 9.70. The molecule has 1 aromatic carbocycles. The number of aliphatic hydroxyl groups excluding tert-OH is 1. The molecule has 38 heavy (non-hydrogen) atoms. The van der Waals surface area contributed by atoms with Crippen LogP contribution in [0.5, 0.6) is 0 Å². The first-order valence-corrected chi connectivity index (χ1v) is 13.3. The minimum atomic E-state index is -1.17. The van der Waals surface area contributed by atoms with E-state index in [1.807, 2.05) is 49.2 Å². The quantitative estimate of drug-likeness (QED) is 0.365. The van der Waals surface area contributed by atoms with Crippen LogP contribution < -0.4 is 5.73 Å². The molecule has 1 aromatic heterocycles. The van der Waals surface area contributed by atoms with Crippen LogP contribution in [0.2, 0.25) is 0 Å². The highest BCUT2D eigenvalue weighted by atomic mass is 19.1. The average Bonchev–Trinajstić information content (AvgIpc) is 3.53. The number of aliphatic hydroxyl groups is 1. The van der Waals surface area contributed by atoms with Gasteiger partial charge in [0, 0.05) is 50.7 Å². The molecule has 0 radical (unpaired) electrons. The summed E-state index contributed by atoms with van der Waals surface area (Å²) in [5.41, 5.74) is 6.31. The predicted octanol–water partition coefficient (Wildman–Crippen LogP) is 2.61. The Bertz CT molecular complexity index is 1170. The summed E-state index contributed by atoms with van der Waals surface area (Å²) < 4.78 is 14.7. The summed E-state index contributed by atoms with van der Waals surface area (Å²) in [7, 11) is 0. The van der Waals surface area contributed by atoms with Crippen LogP contribution >= 0.6 is 0 Å². The normalized spacial score (nSPS) is 21.5. The van der Waals surface area contributed by atoms with Gasteiger partial charge in [0.1, 0.15) is 11.7 Å². The first-order chi connectivity index (χ1) is 18.3. The van der Waals surface area contributed by atoms with Crippen LogP contribution in [0.3, 0.4) is 0 Å². The van der Waals surface area contributed by atoms with Crippen molar-refractivity contribution in [2.45, 2.75) is 58.2 Å². The van der Waals surface area contributed by atoms with Crippen molar-refractivity contribution in [1.82, 2.24) is 24.8 Å². The third-order valence-corrected chi connectivity index (χ3v) is 7.40. The molecule has 0 bridgehead atoms. The topological polar surface area (TPSA) is 122 Å². The fourth-order valence-electron chi connectivity index (χ4n) is 5.56. The smallest absolute Gasteiger partial charge is 0.328 e. The van der Waals surface area contributed by atoms with Crippen molar-refractivity contribution < 1.29 is 19.1 Å². The maximum absolute atomic E-state index is 14.7. The van der Waals surface area contributed by atoms with Crippen LogP contribution in [0.25, 0.3) is 0 Å². The summed E-state index contributed by atoms with van der Waals surface area (Å²) in [6.07, 6.45) is 5.39. The first-order valence-electron chi connectivity index (χ1n) is 13.3. The molecule has 11 heteroatoms. The number of amides is 3. The summed E-state index contributed by atoms with van der Waals surface area (Å²) in [6, 6.07) is 5.28. The van der Waals surface area contributed by atoms with Crippen molar-refractivity contribution in [2.24, 2.45) is 4.99 Å². The van der Waals surface area contributed by atoms with E-state index < -0.39 is 23.6 Å². The number of nitrogen functional groups attached to an aromatic ring is 1. The van der Waals surface area contributed by atoms with Crippen molar-refractivity contribution in [3.05, 3.63) is 53.6 Å². The molecule has 1 fully saturated rings. The molecule has 2 aliphatic heterocycles. The number of likely N-dealkylation sites (N-methyl/N-ethyl adjacent to an activating group) is 1. The van der Waals surface area contributed by atoms with Crippen LogP contribution in [0.4, 0.5) is 14.9 Å². The predicted molar refractivity (Wildman–Crippen MR) is 144 cm³/mol. The van der Waals surface area contributed by atoms with Gasteiger partial charge in [0.2, 0.25) is 0 Å². The molecule has 4 N–H and O–H groups in total.